The maximum Gasteiger partial charge on any atom is 0.128 e. The molecule has 1 aliphatic heterocycles. The van der Waals surface area contributed by atoms with Gasteiger partial charge in [-0.1, -0.05) is 26.0 Å². The van der Waals surface area contributed by atoms with Crippen LogP contribution in [0.3, 0.4) is 0 Å². The van der Waals surface area contributed by atoms with E-state index >= 15 is 0 Å². The Kier molecular flexibility index (Phi) is 9.46. The first-order chi connectivity index (χ1) is 9.08. The molecule has 1 aliphatic rings. The third-order valence-corrected chi connectivity index (χ3v) is 3.80. The molecule has 21 heavy (non-hydrogen) atoms. The number of benzene rings is 1. The van der Waals surface area contributed by atoms with Crippen molar-refractivity contribution in [3.8, 4) is 0 Å². The molecule has 1 atom stereocenters. The number of hydrogen-bond acceptors (Lipinski definition) is 2. The van der Waals surface area contributed by atoms with Gasteiger partial charge in [-0.2, -0.15) is 0 Å². The van der Waals surface area contributed by atoms with Gasteiger partial charge in [-0.15, -0.1) is 24.8 Å². The zero-order valence-electron chi connectivity index (χ0n) is 13.1. The molecule has 122 valence electrons. The van der Waals surface area contributed by atoms with Crippen molar-refractivity contribution >= 4 is 24.8 Å². The van der Waals surface area contributed by atoms with Gasteiger partial charge in [0.1, 0.15) is 5.82 Å². The summed E-state index contributed by atoms with van der Waals surface area (Å²) in [6.07, 6.45) is 1.01. The van der Waals surface area contributed by atoms with Crippen molar-refractivity contribution in [2.75, 3.05) is 26.2 Å². The highest BCUT2D eigenvalue weighted by Crippen LogP contribution is 2.30. The van der Waals surface area contributed by atoms with Gasteiger partial charge in [0.05, 0.1) is 0 Å². The SMILES string of the molecule is Cc1ccc([C@@H](CC(C)C)N2CCNCC2)c(F)c1.Cl.Cl. The Morgan fingerprint density at radius 1 is 1.19 bits per heavy atom. The number of halogens is 3. The Morgan fingerprint density at radius 3 is 2.33 bits per heavy atom. The lowest BCUT2D eigenvalue weighted by Gasteiger charge is -2.36. The largest absolute Gasteiger partial charge is 0.314 e. The maximum absolute atomic E-state index is 14.3. The number of hydrogen-bond donors (Lipinski definition) is 1. The summed E-state index contributed by atoms with van der Waals surface area (Å²) in [5.41, 5.74) is 1.85. The van der Waals surface area contributed by atoms with Crippen LogP contribution >= 0.6 is 24.8 Å². The Labute approximate surface area is 140 Å². The number of aryl methyl sites for hydroxylation is 1. The lowest BCUT2D eigenvalue weighted by Crippen LogP contribution is -2.45. The van der Waals surface area contributed by atoms with Gasteiger partial charge in [0, 0.05) is 37.8 Å². The van der Waals surface area contributed by atoms with E-state index in [4.69, 9.17) is 0 Å². The molecule has 0 unspecified atom stereocenters. The molecule has 1 heterocycles. The van der Waals surface area contributed by atoms with E-state index < -0.39 is 0 Å². The summed E-state index contributed by atoms with van der Waals surface area (Å²) >= 11 is 0. The minimum atomic E-state index is -0.0517. The normalized spacial score (nSPS) is 17.0. The molecule has 5 heteroatoms. The first-order valence-electron chi connectivity index (χ1n) is 7.28. The fraction of sp³-hybridized carbons (Fsp3) is 0.625. The average Bonchev–Trinajstić information content (AvgIpc) is 2.37. The summed E-state index contributed by atoms with van der Waals surface area (Å²) in [6, 6.07) is 5.86. The van der Waals surface area contributed by atoms with E-state index in [9.17, 15) is 4.39 Å². The first-order valence-corrected chi connectivity index (χ1v) is 7.28. The number of nitrogens with zero attached hydrogens (tertiary/aromatic N) is 1. The predicted molar refractivity (Wildman–Crippen MR) is 92.3 cm³/mol. The van der Waals surface area contributed by atoms with E-state index in [0.29, 0.717) is 5.92 Å². The lowest BCUT2D eigenvalue weighted by atomic mass is 9.94. The predicted octanol–water partition coefficient (Wildman–Crippen LogP) is 3.97. The van der Waals surface area contributed by atoms with Crippen LogP contribution in [-0.4, -0.2) is 31.1 Å². The molecule has 0 amide bonds. The zero-order chi connectivity index (χ0) is 13.8. The zero-order valence-corrected chi connectivity index (χ0v) is 14.7. The van der Waals surface area contributed by atoms with Crippen molar-refractivity contribution in [3.05, 3.63) is 35.1 Å². The van der Waals surface area contributed by atoms with Crippen LogP contribution < -0.4 is 5.32 Å². The highest BCUT2D eigenvalue weighted by molar-refractivity contribution is 5.85. The first kappa shape index (κ1) is 20.6. The molecule has 1 aromatic rings. The van der Waals surface area contributed by atoms with Gasteiger partial charge in [0.2, 0.25) is 0 Å². The monoisotopic (exact) mass is 336 g/mol. The van der Waals surface area contributed by atoms with E-state index in [1.54, 1.807) is 6.07 Å². The summed E-state index contributed by atoms with van der Waals surface area (Å²) in [7, 11) is 0. The van der Waals surface area contributed by atoms with Crippen LogP contribution in [0, 0.1) is 18.7 Å². The fourth-order valence-corrected chi connectivity index (χ4v) is 2.82. The highest BCUT2D eigenvalue weighted by atomic mass is 35.5. The molecule has 1 fully saturated rings. The average molecular weight is 337 g/mol. The van der Waals surface area contributed by atoms with Gasteiger partial charge >= 0.3 is 0 Å². The lowest BCUT2D eigenvalue weighted by molar-refractivity contribution is 0.151. The Morgan fingerprint density at radius 2 is 1.81 bits per heavy atom. The molecule has 0 radical (unpaired) electrons. The second-order valence-corrected chi connectivity index (χ2v) is 5.96. The van der Waals surface area contributed by atoms with E-state index in [1.165, 1.54) is 0 Å². The van der Waals surface area contributed by atoms with Crippen LogP contribution in [0.1, 0.15) is 37.4 Å². The van der Waals surface area contributed by atoms with E-state index in [-0.39, 0.29) is 36.7 Å². The van der Waals surface area contributed by atoms with Crippen molar-refractivity contribution in [1.82, 2.24) is 10.2 Å². The van der Waals surface area contributed by atoms with Crippen molar-refractivity contribution in [1.29, 1.82) is 0 Å². The number of nitrogens with one attached hydrogen (secondary N) is 1. The van der Waals surface area contributed by atoms with E-state index in [0.717, 1.165) is 43.7 Å². The summed E-state index contributed by atoms with van der Waals surface area (Å²) in [5, 5.41) is 3.36. The van der Waals surface area contributed by atoms with Crippen LogP contribution in [0.5, 0.6) is 0 Å². The quantitative estimate of drug-likeness (QED) is 0.894. The molecule has 0 bridgehead atoms. The van der Waals surface area contributed by atoms with E-state index in [1.807, 2.05) is 19.1 Å². The molecule has 2 nitrogen and oxygen atoms in total. The van der Waals surface area contributed by atoms with Gasteiger partial charge < -0.3 is 5.32 Å². The third-order valence-electron chi connectivity index (χ3n) is 3.80. The van der Waals surface area contributed by atoms with Crippen molar-refractivity contribution < 1.29 is 4.39 Å². The summed E-state index contributed by atoms with van der Waals surface area (Å²) in [6.45, 7) is 10.4. The highest BCUT2D eigenvalue weighted by Gasteiger charge is 2.25. The molecular formula is C16H27Cl2FN2. The van der Waals surface area contributed by atoms with Gasteiger partial charge in [-0.25, -0.2) is 4.39 Å². The topological polar surface area (TPSA) is 15.3 Å². The summed E-state index contributed by atoms with van der Waals surface area (Å²) in [4.78, 5) is 2.42. The van der Waals surface area contributed by atoms with Gasteiger partial charge in [-0.3, -0.25) is 4.90 Å². The fourth-order valence-electron chi connectivity index (χ4n) is 2.82. The van der Waals surface area contributed by atoms with Gasteiger partial charge in [0.15, 0.2) is 0 Å². The molecule has 1 N–H and O–H groups in total. The minimum absolute atomic E-state index is 0. The van der Waals surface area contributed by atoms with Gasteiger partial charge in [-0.05, 0) is 30.9 Å². The molecule has 1 saturated heterocycles. The van der Waals surface area contributed by atoms with Crippen LogP contribution in [-0.2, 0) is 0 Å². The maximum atomic E-state index is 14.3. The second kappa shape index (κ2) is 9.62. The van der Waals surface area contributed by atoms with Crippen molar-refractivity contribution in [3.63, 3.8) is 0 Å². The second-order valence-electron chi connectivity index (χ2n) is 5.96. The molecular weight excluding hydrogens is 310 g/mol. The Hall–Kier alpha value is -0.350. The van der Waals surface area contributed by atoms with Crippen LogP contribution in [0.25, 0.3) is 0 Å². The molecule has 0 spiro atoms. The van der Waals surface area contributed by atoms with E-state index in [2.05, 4.69) is 24.1 Å². The van der Waals surface area contributed by atoms with Crippen LogP contribution in [0.4, 0.5) is 4.39 Å². The van der Waals surface area contributed by atoms with Crippen LogP contribution in [0.2, 0.25) is 0 Å². The molecule has 1 aromatic carbocycles. The van der Waals surface area contributed by atoms with Crippen molar-refractivity contribution in [2.24, 2.45) is 5.92 Å². The molecule has 0 aliphatic carbocycles. The standard InChI is InChI=1S/C16H25FN2.2ClH/c1-12(2)10-16(19-8-6-18-7-9-19)14-5-4-13(3)11-15(14)17;;/h4-5,11-12,16,18H,6-10H2,1-3H3;2*1H/t16-;;/m1../s1. The molecule has 0 aromatic heterocycles. The number of piperazine rings is 1. The van der Waals surface area contributed by atoms with Crippen molar-refractivity contribution in [2.45, 2.75) is 33.2 Å². The third kappa shape index (κ3) is 5.74. The summed E-state index contributed by atoms with van der Waals surface area (Å²) in [5.74, 6) is 0.518. The molecule has 0 saturated carbocycles. The minimum Gasteiger partial charge on any atom is -0.314 e. The number of rotatable bonds is 4. The van der Waals surface area contributed by atoms with Crippen LogP contribution in [0.15, 0.2) is 18.2 Å². The summed E-state index contributed by atoms with van der Waals surface area (Å²) < 4.78 is 14.3. The Balaban J connectivity index is 0.00000200. The smallest absolute Gasteiger partial charge is 0.128 e. The molecule has 2 rings (SSSR count). The Bertz CT molecular complexity index is 421. The van der Waals surface area contributed by atoms with Gasteiger partial charge in [0.25, 0.3) is 0 Å².